The van der Waals surface area contributed by atoms with E-state index in [1.54, 1.807) is 7.11 Å². The Morgan fingerprint density at radius 3 is 2.25 bits per heavy atom. The number of halogens is 1. The molecule has 3 nitrogen and oxygen atoms in total. The molecule has 0 aliphatic heterocycles. The monoisotopic (exact) mass is 238 g/mol. The van der Waals surface area contributed by atoms with Crippen LogP contribution in [0, 0.1) is 0 Å². The van der Waals surface area contributed by atoms with Gasteiger partial charge in [-0.3, -0.25) is 4.79 Å². The molecule has 0 amide bonds. The highest BCUT2D eigenvalue weighted by atomic mass is 79.9. The SMILES string of the molecule is COC(C[N+](C)(C)C)C(=O)CBr. The summed E-state index contributed by atoms with van der Waals surface area (Å²) >= 11 is 3.13. The third-order valence-electron chi connectivity index (χ3n) is 1.49. The van der Waals surface area contributed by atoms with Crippen molar-refractivity contribution in [3.63, 3.8) is 0 Å². The Labute approximate surface area is 82.4 Å². The number of alkyl halides is 1. The molecule has 0 saturated heterocycles. The Bertz CT molecular complexity index is 154. The van der Waals surface area contributed by atoms with Gasteiger partial charge < -0.3 is 9.22 Å². The standard InChI is InChI=1S/C8H17BrNO2/c1-10(2,3)6-8(12-4)7(11)5-9/h8H,5-6H2,1-4H3/q+1. The third kappa shape index (κ3) is 4.85. The second-order valence-corrected chi connectivity index (χ2v) is 4.36. The summed E-state index contributed by atoms with van der Waals surface area (Å²) in [6.07, 6.45) is -0.288. The quantitative estimate of drug-likeness (QED) is 0.520. The van der Waals surface area contributed by atoms with Gasteiger partial charge in [-0.15, -0.1) is 0 Å². The van der Waals surface area contributed by atoms with Gasteiger partial charge in [0.25, 0.3) is 0 Å². The molecule has 0 radical (unpaired) electrons. The molecule has 0 heterocycles. The van der Waals surface area contributed by atoms with E-state index in [4.69, 9.17) is 4.74 Å². The van der Waals surface area contributed by atoms with Crippen LogP contribution in [0.1, 0.15) is 0 Å². The van der Waals surface area contributed by atoms with Crippen molar-refractivity contribution in [2.45, 2.75) is 6.10 Å². The summed E-state index contributed by atoms with van der Waals surface area (Å²) in [5.74, 6) is 0.102. The average Bonchev–Trinajstić information content (AvgIpc) is 1.97. The first kappa shape index (κ1) is 12.1. The first-order valence-corrected chi connectivity index (χ1v) is 4.95. The van der Waals surface area contributed by atoms with Gasteiger partial charge in [-0.2, -0.15) is 0 Å². The number of carbonyl (C=O) groups excluding carboxylic acids is 1. The lowest BCUT2D eigenvalue weighted by molar-refractivity contribution is -0.872. The zero-order chi connectivity index (χ0) is 9.78. The van der Waals surface area contributed by atoms with Crippen molar-refractivity contribution < 1.29 is 14.0 Å². The fourth-order valence-electron chi connectivity index (χ4n) is 0.891. The summed E-state index contributed by atoms with van der Waals surface area (Å²) in [5, 5.41) is 0.367. The highest BCUT2D eigenvalue weighted by Gasteiger charge is 2.23. The molecular formula is C8H17BrNO2+. The highest BCUT2D eigenvalue weighted by Crippen LogP contribution is 2.01. The smallest absolute Gasteiger partial charge is 0.177 e. The van der Waals surface area contributed by atoms with Gasteiger partial charge in [0.1, 0.15) is 6.54 Å². The average molecular weight is 239 g/mol. The molecule has 0 bridgehead atoms. The molecule has 0 aromatic heterocycles. The summed E-state index contributed by atoms with van der Waals surface area (Å²) in [6, 6.07) is 0. The molecule has 0 fully saturated rings. The van der Waals surface area contributed by atoms with E-state index in [0.29, 0.717) is 11.9 Å². The molecule has 12 heavy (non-hydrogen) atoms. The van der Waals surface area contributed by atoms with Crippen molar-refractivity contribution in [3.05, 3.63) is 0 Å². The van der Waals surface area contributed by atoms with Crippen LogP contribution in [0.5, 0.6) is 0 Å². The molecule has 1 atom stereocenters. The number of likely N-dealkylation sites (N-methyl/N-ethyl adjacent to an activating group) is 1. The number of rotatable bonds is 5. The maximum Gasteiger partial charge on any atom is 0.177 e. The summed E-state index contributed by atoms with van der Waals surface area (Å²) in [7, 11) is 7.68. The van der Waals surface area contributed by atoms with E-state index in [2.05, 4.69) is 15.9 Å². The van der Waals surface area contributed by atoms with Crippen LogP contribution >= 0.6 is 15.9 Å². The van der Waals surface area contributed by atoms with Gasteiger partial charge in [-0.05, 0) is 0 Å². The fourth-order valence-corrected chi connectivity index (χ4v) is 1.25. The van der Waals surface area contributed by atoms with E-state index in [1.165, 1.54) is 0 Å². The minimum atomic E-state index is -0.288. The number of Topliss-reactive ketones (excluding diaryl/α,β-unsaturated/α-hetero) is 1. The predicted octanol–water partition coefficient (Wildman–Crippen LogP) is 0.672. The van der Waals surface area contributed by atoms with Crippen molar-refractivity contribution in [3.8, 4) is 0 Å². The topological polar surface area (TPSA) is 26.3 Å². The van der Waals surface area contributed by atoms with Crippen molar-refractivity contribution in [1.29, 1.82) is 0 Å². The summed E-state index contributed by atoms with van der Waals surface area (Å²) < 4.78 is 5.82. The van der Waals surface area contributed by atoms with E-state index in [1.807, 2.05) is 21.1 Å². The first-order chi connectivity index (χ1) is 5.40. The number of nitrogens with zero attached hydrogens (tertiary/aromatic N) is 1. The first-order valence-electron chi connectivity index (χ1n) is 3.82. The zero-order valence-electron chi connectivity index (χ0n) is 8.13. The van der Waals surface area contributed by atoms with Gasteiger partial charge in [-0.1, -0.05) is 15.9 Å². The fraction of sp³-hybridized carbons (Fsp3) is 0.875. The Kier molecular flexibility index (Phi) is 4.97. The minimum absolute atomic E-state index is 0.102. The summed E-state index contributed by atoms with van der Waals surface area (Å²) in [4.78, 5) is 11.2. The molecule has 1 unspecified atom stereocenters. The van der Waals surface area contributed by atoms with E-state index in [0.717, 1.165) is 4.48 Å². The van der Waals surface area contributed by atoms with Crippen LogP contribution in [-0.2, 0) is 9.53 Å². The number of hydrogen-bond donors (Lipinski definition) is 0. The van der Waals surface area contributed by atoms with Gasteiger partial charge in [0, 0.05) is 7.11 Å². The molecule has 0 N–H and O–H groups in total. The normalized spacial score (nSPS) is 14.4. The molecule has 0 aromatic carbocycles. The van der Waals surface area contributed by atoms with Crippen LogP contribution in [0.4, 0.5) is 0 Å². The summed E-state index contributed by atoms with van der Waals surface area (Å²) in [5.41, 5.74) is 0. The molecule has 4 heteroatoms. The molecule has 0 aliphatic rings. The predicted molar refractivity (Wildman–Crippen MR) is 52.5 cm³/mol. The zero-order valence-corrected chi connectivity index (χ0v) is 9.72. The van der Waals surface area contributed by atoms with Crippen LogP contribution in [0.2, 0.25) is 0 Å². The molecule has 0 aliphatic carbocycles. The number of carbonyl (C=O) groups is 1. The highest BCUT2D eigenvalue weighted by molar-refractivity contribution is 9.09. The Morgan fingerprint density at radius 2 is 2.00 bits per heavy atom. The van der Waals surface area contributed by atoms with E-state index >= 15 is 0 Å². The second kappa shape index (κ2) is 4.94. The Morgan fingerprint density at radius 1 is 1.50 bits per heavy atom. The van der Waals surface area contributed by atoms with Crippen molar-refractivity contribution in [1.82, 2.24) is 0 Å². The largest absolute Gasteiger partial charge is 0.368 e. The number of hydrogen-bond acceptors (Lipinski definition) is 2. The van der Waals surface area contributed by atoms with Crippen molar-refractivity contribution in [2.24, 2.45) is 0 Å². The van der Waals surface area contributed by atoms with Crippen LogP contribution in [0.25, 0.3) is 0 Å². The van der Waals surface area contributed by atoms with Crippen LogP contribution in [0.3, 0.4) is 0 Å². The van der Waals surface area contributed by atoms with Gasteiger partial charge in [0.05, 0.1) is 26.5 Å². The molecule has 0 rings (SSSR count). The van der Waals surface area contributed by atoms with Gasteiger partial charge >= 0.3 is 0 Å². The lowest BCUT2D eigenvalue weighted by Gasteiger charge is -2.27. The lowest BCUT2D eigenvalue weighted by atomic mass is 10.2. The number of ether oxygens (including phenoxy) is 1. The minimum Gasteiger partial charge on any atom is -0.368 e. The summed E-state index contributed by atoms with van der Waals surface area (Å²) in [6.45, 7) is 0.709. The molecule has 72 valence electrons. The Hall–Kier alpha value is 0.0700. The Balaban J connectivity index is 4.09. The number of methoxy groups -OCH3 is 1. The van der Waals surface area contributed by atoms with Crippen LogP contribution < -0.4 is 0 Å². The number of ketones is 1. The maximum absolute atomic E-state index is 11.2. The molecular weight excluding hydrogens is 222 g/mol. The molecule has 0 spiro atoms. The van der Waals surface area contributed by atoms with Gasteiger partial charge in [0.15, 0.2) is 11.9 Å². The maximum atomic E-state index is 11.2. The van der Waals surface area contributed by atoms with Crippen LogP contribution in [0.15, 0.2) is 0 Å². The lowest BCUT2D eigenvalue weighted by Crippen LogP contribution is -2.45. The van der Waals surface area contributed by atoms with Gasteiger partial charge in [-0.25, -0.2) is 0 Å². The van der Waals surface area contributed by atoms with Crippen LogP contribution in [-0.4, -0.2) is 56.5 Å². The second-order valence-electron chi connectivity index (χ2n) is 3.80. The van der Waals surface area contributed by atoms with E-state index < -0.39 is 0 Å². The van der Waals surface area contributed by atoms with E-state index in [9.17, 15) is 4.79 Å². The van der Waals surface area contributed by atoms with Gasteiger partial charge in [0.2, 0.25) is 0 Å². The molecule has 0 aromatic rings. The third-order valence-corrected chi connectivity index (χ3v) is 2.04. The van der Waals surface area contributed by atoms with Crippen molar-refractivity contribution in [2.75, 3.05) is 40.1 Å². The van der Waals surface area contributed by atoms with E-state index in [-0.39, 0.29) is 11.9 Å². The number of quaternary nitrogens is 1. The molecule has 0 saturated carbocycles. The van der Waals surface area contributed by atoms with Crippen molar-refractivity contribution >= 4 is 21.7 Å².